The Bertz CT molecular complexity index is 1410. The Morgan fingerprint density at radius 2 is 1.82 bits per heavy atom. The average molecular weight is 524 g/mol. The first-order valence-corrected chi connectivity index (χ1v) is 11.9. The van der Waals surface area contributed by atoms with Gasteiger partial charge in [0.1, 0.15) is 11.9 Å². The van der Waals surface area contributed by atoms with Crippen LogP contribution < -0.4 is 16.0 Å². The molecule has 2 heterocycles. The molecule has 7 nitrogen and oxygen atoms in total. The first-order valence-electron chi connectivity index (χ1n) is 11.9. The fourth-order valence-corrected chi connectivity index (χ4v) is 4.37. The van der Waals surface area contributed by atoms with Crippen LogP contribution in [0, 0.1) is 18.3 Å². The third kappa shape index (κ3) is 5.64. The molecule has 0 bridgehead atoms. The molecule has 1 saturated heterocycles. The number of β-amino-alcohol motifs (C(OH)–C–C–N with tert-alkyl or cyclic N) is 1. The number of benzene rings is 2. The Hall–Kier alpha value is -3.94. The number of nitrogens with zero attached hydrogens (tertiary/aromatic N) is 3. The molecule has 4 N–H and O–H groups in total. The van der Waals surface area contributed by atoms with Gasteiger partial charge in [0.15, 0.2) is 0 Å². The van der Waals surface area contributed by atoms with Gasteiger partial charge in [0.05, 0.1) is 16.7 Å². The minimum absolute atomic E-state index is 0.168. The summed E-state index contributed by atoms with van der Waals surface area (Å²) in [6.45, 7) is 7.44. The summed E-state index contributed by atoms with van der Waals surface area (Å²) < 4.78 is 40.5. The average Bonchev–Trinajstić information content (AvgIpc) is 2.82. The highest BCUT2D eigenvalue weighted by Crippen LogP contribution is 2.34. The smallest absolute Gasteiger partial charge is 0.386 e. The fourth-order valence-electron chi connectivity index (χ4n) is 4.37. The predicted octanol–water partition coefficient (Wildman–Crippen LogP) is 4.96. The minimum atomic E-state index is -4.64. The second-order valence-corrected chi connectivity index (χ2v) is 10.6. The number of aromatic nitrogens is 1. The lowest BCUT2D eigenvalue weighted by molar-refractivity contribution is -0.137. The Kier molecular flexibility index (Phi) is 6.72. The maximum absolute atomic E-state index is 13.5. The van der Waals surface area contributed by atoms with Crippen LogP contribution >= 0.6 is 0 Å². The second-order valence-electron chi connectivity index (χ2n) is 10.6. The van der Waals surface area contributed by atoms with Gasteiger partial charge in [0, 0.05) is 41.6 Å². The van der Waals surface area contributed by atoms with Crippen molar-refractivity contribution in [2.75, 3.05) is 23.3 Å². The molecule has 1 fully saturated rings. The summed E-state index contributed by atoms with van der Waals surface area (Å²) in [5.41, 5.74) is 6.06. The van der Waals surface area contributed by atoms with Crippen LogP contribution in [0.1, 0.15) is 53.4 Å². The Balaban J connectivity index is 1.64. The SMILES string of the molecule is Cc1ccc(NC(=O)c2cc(C(C)(C)N)cc(C(F)(F)F)c2)cc1-c1cnc(N2CC(C)(O)C2)c(C#N)c1. The standard InChI is InChI=1S/C28H28F3N5O2/c1-16-5-6-22(35-25(37)17-8-20(26(2,3)33)10-21(9-17)28(29,30)31)11-23(16)19-7-18(12-32)24(34-13-19)36-14-27(4,38)15-36/h5-11,13,38H,14-15,33H2,1-4H3,(H,35,37). The number of nitrogens with one attached hydrogen (secondary N) is 1. The number of nitriles is 1. The van der Waals surface area contributed by atoms with E-state index in [0.29, 0.717) is 41.3 Å². The van der Waals surface area contributed by atoms with Crippen LogP contribution in [-0.2, 0) is 11.7 Å². The molecule has 3 aromatic rings. The van der Waals surface area contributed by atoms with Crippen LogP contribution in [0.15, 0.2) is 48.7 Å². The van der Waals surface area contributed by atoms with Crippen molar-refractivity contribution in [2.24, 2.45) is 5.73 Å². The number of hydrogen-bond acceptors (Lipinski definition) is 6. The maximum atomic E-state index is 13.5. The zero-order chi connectivity index (χ0) is 28.0. The summed E-state index contributed by atoms with van der Waals surface area (Å²) in [6.07, 6.45) is -3.03. The summed E-state index contributed by atoms with van der Waals surface area (Å²) in [6, 6.07) is 12.0. The van der Waals surface area contributed by atoms with Crippen molar-refractivity contribution in [2.45, 2.75) is 45.0 Å². The number of aliphatic hydroxyl groups is 1. The Labute approximate surface area is 218 Å². The van der Waals surface area contributed by atoms with Crippen LogP contribution in [0.3, 0.4) is 0 Å². The predicted molar refractivity (Wildman–Crippen MR) is 139 cm³/mol. The molecule has 0 radical (unpaired) electrons. The number of alkyl halides is 3. The van der Waals surface area contributed by atoms with Crippen molar-refractivity contribution >= 4 is 17.4 Å². The maximum Gasteiger partial charge on any atom is 0.416 e. The number of carbonyl (C=O) groups excluding carboxylic acids is 1. The normalized spacial score (nSPS) is 15.0. The van der Waals surface area contributed by atoms with E-state index < -0.39 is 28.8 Å². The van der Waals surface area contributed by atoms with E-state index in [-0.39, 0.29) is 11.1 Å². The molecule has 4 rings (SSSR count). The number of amides is 1. The fraction of sp³-hybridized carbons (Fsp3) is 0.321. The first-order chi connectivity index (χ1) is 17.6. The molecule has 1 amide bonds. The number of rotatable bonds is 5. The minimum Gasteiger partial charge on any atom is -0.386 e. The zero-order valence-electron chi connectivity index (χ0n) is 21.4. The molecule has 1 aromatic heterocycles. The number of hydrogen-bond donors (Lipinski definition) is 3. The van der Waals surface area contributed by atoms with Crippen molar-refractivity contribution in [3.63, 3.8) is 0 Å². The van der Waals surface area contributed by atoms with E-state index in [2.05, 4.69) is 16.4 Å². The van der Waals surface area contributed by atoms with Crippen LogP contribution in [0.2, 0.25) is 0 Å². The summed E-state index contributed by atoms with van der Waals surface area (Å²) in [5.74, 6) is -0.236. The van der Waals surface area contributed by atoms with Gasteiger partial charge in [-0.25, -0.2) is 4.98 Å². The van der Waals surface area contributed by atoms with Gasteiger partial charge >= 0.3 is 6.18 Å². The number of carbonyl (C=O) groups is 1. The molecule has 2 aromatic carbocycles. The largest absolute Gasteiger partial charge is 0.416 e. The van der Waals surface area contributed by atoms with Crippen molar-refractivity contribution in [3.8, 4) is 17.2 Å². The molecule has 1 aliphatic heterocycles. The summed E-state index contributed by atoms with van der Waals surface area (Å²) in [5, 5.41) is 22.4. The number of nitrogens with two attached hydrogens (primary N) is 1. The molecule has 0 saturated carbocycles. The van der Waals surface area contributed by atoms with E-state index in [1.54, 1.807) is 51.2 Å². The van der Waals surface area contributed by atoms with E-state index >= 15 is 0 Å². The highest BCUT2D eigenvalue weighted by atomic mass is 19.4. The summed E-state index contributed by atoms with van der Waals surface area (Å²) in [7, 11) is 0. The second kappa shape index (κ2) is 9.42. The highest BCUT2D eigenvalue weighted by molar-refractivity contribution is 6.05. The van der Waals surface area contributed by atoms with Gasteiger partial charge in [-0.05, 0) is 80.8 Å². The molecule has 0 unspecified atom stereocenters. The lowest BCUT2D eigenvalue weighted by Gasteiger charge is -2.45. The van der Waals surface area contributed by atoms with Crippen molar-refractivity contribution < 1.29 is 23.1 Å². The van der Waals surface area contributed by atoms with Crippen LogP contribution in [-0.4, -0.2) is 34.7 Å². The monoisotopic (exact) mass is 523 g/mol. The van der Waals surface area contributed by atoms with Crippen molar-refractivity contribution in [1.82, 2.24) is 4.98 Å². The molecule has 10 heteroatoms. The quantitative estimate of drug-likeness (QED) is 0.435. The van der Waals surface area contributed by atoms with Gasteiger partial charge < -0.3 is 21.1 Å². The van der Waals surface area contributed by atoms with Crippen LogP contribution in [0.5, 0.6) is 0 Å². The molecular weight excluding hydrogens is 495 g/mol. The van der Waals surface area contributed by atoms with Gasteiger partial charge in [-0.1, -0.05) is 6.07 Å². The Morgan fingerprint density at radius 1 is 1.16 bits per heavy atom. The number of anilines is 2. The van der Waals surface area contributed by atoms with E-state index in [1.165, 1.54) is 6.07 Å². The van der Waals surface area contributed by atoms with Crippen molar-refractivity contribution in [1.29, 1.82) is 5.26 Å². The zero-order valence-corrected chi connectivity index (χ0v) is 21.4. The molecule has 0 atom stereocenters. The molecular formula is C28H28F3N5O2. The molecule has 0 aliphatic carbocycles. The van der Waals surface area contributed by atoms with Crippen molar-refractivity contribution in [3.05, 3.63) is 76.5 Å². The number of halogens is 3. The van der Waals surface area contributed by atoms with Gasteiger partial charge in [0.25, 0.3) is 5.91 Å². The summed E-state index contributed by atoms with van der Waals surface area (Å²) in [4.78, 5) is 19.3. The van der Waals surface area contributed by atoms with Gasteiger partial charge in [-0.3, -0.25) is 4.79 Å². The van der Waals surface area contributed by atoms with E-state index in [0.717, 1.165) is 17.7 Å². The van der Waals surface area contributed by atoms with Gasteiger partial charge in [-0.2, -0.15) is 18.4 Å². The third-order valence-corrected chi connectivity index (χ3v) is 6.42. The van der Waals surface area contributed by atoms with Crippen LogP contribution in [0.4, 0.5) is 24.7 Å². The van der Waals surface area contributed by atoms with Crippen LogP contribution in [0.25, 0.3) is 11.1 Å². The molecule has 38 heavy (non-hydrogen) atoms. The molecule has 1 aliphatic rings. The third-order valence-electron chi connectivity index (χ3n) is 6.42. The molecule has 198 valence electrons. The highest BCUT2D eigenvalue weighted by Gasteiger charge is 2.38. The Morgan fingerprint density at radius 3 is 2.39 bits per heavy atom. The van der Waals surface area contributed by atoms with Gasteiger partial charge in [0.2, 0.25) is 0 Å². The number of aryl methyl sites for hydroxylation is 1. The summed E-state index contributed by atoms with van der Waals surface area (Å²) >= 11 is 0. The first kappa shape index (κ1) is 27.1. The lowest BCUT2D eigenvalue weighted by atomic mass is 9.91. The van der Waals surface area contributed by atoms with E-state index in [9.17, 15) is 28.3 Å². The lowest BCUT2D eigenvalue weighted by Crippen LogP contribution is -2.60. The van der Waals surface area contributed by atoms with E-state index in [1.807, 2.05) is 11.8 Å². The van der Waals surface area contributed by atoms with E-state index in [4.69, 9.17) is 5.73 Å². The topological polar surface area (TPSA) is 115 Å². The molecule has 0 spiro atoms. The number of pyridine rings is 1. The van der Waals surface area contributed by atoms with Gasteiger partial charge in [-0.15, -0.1) is 0 Å².